The number of allylic oxidation sites excluding steroid dienone is 1. The van der Waals surface area contributed by atoms with Gasteiger partial charge in [-0.2, -0.15) is 0 Å². The fourth-order valence-electron chi connectivity index (χ4n) is 4.44. The Balaban J connectivity index is 1.92. The number of ether oxygens (including phenoxy) is 3. The lowest BCUT2D eigenvalue weighted by atomic mass is 10.0. The second-order valence-electron chi connectivity index (χ2n) is 9.16. The molecule has 0 amide bonds. The van der Waals surface area contributed by atoms with Crippen LogP contribution in [0.4, 0.5) is 0 Å². The smallest absolute Gasteiger partial charge is 0.259 e. The van der Waals surface area contributed by atoms with Crippen LogP contribution in [0.25, 0.3) is 27.6 Å². The average Bonchev–Trinajstić information content (AvgIpc) is 3.43. The lowest BCUT2D eigenvalue weighted by Gasteiger charge is -2.20. The molecule has 1 atom stereocenters. The topological polar surface area (TPSA) is 102 Å². The van der Waals surface area contributed by atoms with Crippen LogP contribution in [0.5, 0.6) is 11.5 Å². The highest BCUT2D eigenvalue weighted by atomic mass is 35.5. The van der Waals surface area contributed by atoms with Crippen LogP contribution in [0.15, 0.2) is 35.4 Å². The van der Waals surface area contributed by atoms with E-state index in [-0.39, 0.29) is 21.6 Å². The minimum atomic E-state index is -0.270. The highest BCUT2D eigenvalue weighted by Crippen LogP contribution is 2.45. The summed E-state index contributed by atoms with van der Waals surface area (Å²) >= 11 is 13.4. The number of rotatable bonds is 10. The van der Waals surface area contributed by atoms with E-state index in [1.807, 2.05) is 20.2 Å². The van der Waals surface area contributed by atoms with Gasteiger partial charge in [-0.05, 0) is 32.6 Å². The molecule has 0 aliphatic carbocycles. The van der Waals surface area contributed by atoms with Crippen LogP contribution >= 0.6 is 23.2 Å². The summed E-state index contributed by atoms with van der Waals surface area (Å²) in [6.07, 6.45) is 5.38. The number of hydrogen-bond donors (Lipinski definition) is 2. The quantitative estimate of drug-likeness (QED) is 0.278. The summed E-state index contributed by atoms with van der Waals surface area (Å²) in [4.78, 5) is 20.8. The predicted molar refractivity (Wildman–Crippen MR) is 152 cm³/mol. The first-order chi connectivity index (χ1) is 18.3. The van der Waals surface area contributed by atoms with Gasteiger partial charge in [0.15, 0.2) is 0 Å². The molecule has 3 heterocycles. The van der Waals surface area contributed by atoms with Gasteiger partial charge in [-0.3, -0.25) is 9.78 Å². The number of methoxy groups -OCH3 is 2. The van der Waals surface area contributed by atoms with E-state index in [1.54, 1.807) is 29.1 Å². The fourth-order valence-corrected chi connectivity index (χ4v) is 5.14. The molecule has 1 aliphatic rings. The Kier molecular flexibility index (Phi) is 8.94. The van der Waals surface area contributed by atoms with Crippen molar-refractivity contribution in [1.29, 1.82) is 5.41 Å². The molecule has 202 valence electrons. The first kappa shape index (κ1) is 27.9. The van der Waals surface area contributed by atoms with Gasteiger partial charge in [-0.15, -0.1) is 0 Å². The Morgan fingerprint density at radius 1 is 1.24 bits per heavy atom. The first-order valence-electron chi connectivity index (χ1n) is 12.1. The van der Waals surface area contributed by atoms with E-state index < -0.39 is 0 Å². The number of nitrogens with zero attached hydrogens (tertiary/aromatic N) is 3. The molecule has 1 aromatic carbocycles. The average molecular weight is 560 g/mol. The first-order valence-corrected chi connectivity index (χ1v) is 12.9. The lowest BCUT2D eigenvalue weighted by molar-refractivity contribution is 0.186. The van der Waals surface area contributed by atoms with Crippen molar-refractivity contribution in [3.63, 3.8) is 0 Å². The van der Waals surface area contributed by atoms with Crippen molar-refractivity contribution in [2.75, 3.05) is 54.6 Å². The molecule has 1 aliphatic heterocycles. The van der Waals surface area contributed by atoms with Gasteiger partial charge in [0.2, 0.25) is 0 Å². The molecule has 1 unspecified atom stereocenters. The zero-order valence-electron chi connectivity index (χ0n) is 21.8. The van der Waals surface area contributed by atoms with Crippen molar-refractivity contribution in [2.24, 2.45) is 0 Å². The van der Waals surface area contributed by atoms with E-state index in [4.69, 9.17) is 42.8 Å². The molecular formula is C27H31Cl2N5O4. The van der Waals surface area contributed by atoms with Crippen molar-refractivity contribution in [1.82, 2.24) is 19.8 Å². The van der Waals surface area contributed by atoms with Crippen LogP contribution < -0.4 is 20.3 Å². The number of nitrogens with one attached hydrogen (secondary N) is 2. The Morgan fingerprint density at radius 2 is 1.95 bits per heavy atom. The molecule has 0 spiro atoms. The number of benzene rings is 1. The Hall–Kier alpha value is -3.11. The van der Waals surface area contributed by atoms with Crippen molar-refractivity contribution in [3.8, 4) is 22.6 Å². The van der Waals surface area contributed by atoms with Crippen LogP contribution in [0, 0.1) is 5.41 Å². The summed E-state index contributed by atoms with van der Waals surface area (Å²) in [6, 6.07) is 4.97. The SMILES string of the molecule is COc1cc(OC)c(Cl)c(-c2cc3cnc(/C(C=N)=C/NCCN(C)C)cc3n(C3CCOC3)c2=O)c1Cl. The summed E-state index contributed by atoms with van der Waals surface area (Å²) < 4.78 is 18.2. The van der Waals surface area contributed by atoms with Gasteiger partial charge >= 0.3 is 0 Å². The van der Waals surface area contributed by atoms with Gasteiger partial charge in [0.05, 0.1) is 53.7 Å². The van der Waals surface area contributed by atoms with Crippen LogP contribution in [-0.2, 0) is 4.74 Å². The maximum absolute atomic E-state index is 14.1. The molecule has 1 fully saturated rings. The predicted octanol–water partition coefficient (Wildman–Crippen LogP) is 4.49. The van der Waals surface area contributed by atoms with Crippen LogP contribution in [0.2, 0.25) is 10.0 Å². The highest BCUT2D eigenvalue weighted by molar-refractivity contribution is 6.41. The summed E-state index contributed by atoms with van der Waals surface area (Å²) in [6.45, 7) is 2.52. The molecule has 9 nitrogen and oxygen atoms in total. The highest BCUT2D eigenvalue weighted by Gasteiger charge is 2.27. The molecule has 1 saturated heterocycles. The van der Waals surface area contributed by atoms with E-state index in [0.29, 0.717) is 64.4 Å². The summed E-state index contributed by atoms with van der Waals surface area (Å²) in [7, 11) is 6.97. The zero-order chi connectivity index (χ0) is 27.4. The van der Waals surface area contributed by atoms with Gasteiger partial charge in [-0.25, -0.2) is 0 Å². The van der Waals surface area contributed by atoms with Gasteiger partial charge < -0.3 is 34.4 Å². The standard InChI is InChI=1S/C27H31Cl2N5O4/c1-33(2)7-6-31-13-17(12-30)20-10-21-16(14-32-20)9-19(27(35)34(21)18-5-8-38-15-18)24-25(28)22(36-3)11-23(37-4)26(24)29/h9-14,18,30-31H,5-8,15H2,1-4H3/b17-13+,30-12?. The molecule has 38 heavy (non-hydrogen) atoms. The fraction of sp³-hybridized carbons (Fsp3) is 0.370. The maximum atomic E-state index is 14.1. The minimum absolute atomic E-state index is 0.184. The maximum Gasteiger partial charge on any atom is 0.259 e. The summed E-state index contributed by atoms with van der Waals surface area (Å²) in [5.41, 5.74) is 2.22. The van der Waals surface area contributed by atoms with E-state index in [2.05, 4.69) is 15.2 Å². The van der Waals surface area contributed by atoms with Gasteiger partial charge in [0.25, 0.3) is 5.56 Å². The molecule has 0 saturated carbocycles. The van der Waals surface area contributed by atoms with E-state index >= 15 is 0 Å². The molecule has 4 rings (SSSR count). The Labute approximate surface area is 231 Å². The second-order valence-corrected chi connectivity index (χ2v) is 9.92. The number of pyridine rings is 2. The zero-order valence-corrected chi connectivity index (χ0v) is 23.3. The molecular weight excluding hydrogens is 529 g/mol. The van der Waals surface area contributed by atoms with Crippen molar-refractivity contribution < 1.29 is 14.2 Å². The van der Waals surface area contributed by atoms with Gasteiger partial charge in [-0.1, -0.05) is 23.2 Å². The van der Waals surface area contributed by atoms with Crippen molar-refractivity contribution in [2.45, 2.75) is 12.5 Å². The third-order valence-corrected chi connectivity index (χ3v) is 7.20. The molecule has 2 aromatic heterocycles. The third-order valence-electron chi connectivity index (χ3n) is 6.45. The summed E-state index contributed by atoms with van der Waals surface area (Å²) in [5.74, 6) is 0.684. The molecule has 0 bridgehead atoms. The Bertz CT molecular complexity index is 1400. The van der Waals surface area contributed by atoms with Crippen LogP contribution in [0.1, 0.15) is 18.2 Å². The van der Waals surface area contributed by atoms with E-state index in [9.17, 15) is 4.79 Å². The van der Waals surface area contributed by atoms with Crippen LogP contribution in [0.3, 0.4) is 0 Å². The van der Waals surface area contributed by atoms with Gasteiger partial charge in [0.1, 0.15) is 11.5 Å². The van der Waals surface area contributed by atoms with E-state index in [0.717, 1.165) is 13.1 Å². The minimum Gasteiger partial charge on any atom is -0.495 e. The monoisotopic (exact) mass is 559 g/mol. The van der Waals surface area contributed by atoms with Gasteiger partial charge in [0, 0.05) is 60.9 Å². The molecule has 3 aromatic rings. The Morgan fingerprint density at radius 3 is 2.53 bits per heavy atom. The third kappa shape index (κ3) is 5.51. The lowest BCUT2D eigenvalue weighted by Crippen LogP contribution is -2.27. The molecule has 2 N–H and O–H groups in total. The number of hydrogen-bond acceptors (Lipinski definition) is 8. The number of halogens is 2. The number of likely N-dealkylation sites (N-methyl/N-ethyl adjacent to an activating group) is 1. The van der Waals surface area contributed by atoms with E-state index in [1.165, 1.54) is 20.4 Å². The second kappa shape index (κ2) is 12.2. The largest absolute Gasteiger partial charge is 0.495 e. The number of fused-ring (bicyclic) bond motifs is 1. The normalized spacial score (nSPS) is 15.8. The summed E-state index contributed by atoms with van der Waals surface area (Å²) in [5, 5.41) is 12.3. The molecule has 11 heteroatoms. The molecule has 0 radical (unpaired) electrons. The van der Waals surface area contributed by atoms with Crippen molar-refractivity contribution >= 4 is 45.9 Å². The van der Waals surface area contributed by atoms with Crippen molar-refractivity contribution in [3.05, 3.63) is 56.7 Å². The number of aromatic nitrogens is 2. The van der Waals surface area contributed by atoms with Crippen LogP contribution in [-0.4, -0.2) is 75.3 Å².